The topological polar surface area (TPSA) is 41.3 Å². The minimum Gasteiger partial charge on any atom is -0.389 e. The summed E-state index contributed by atoms with van der Waals surface area (Å²) in [4.78, 5) is 2.79. The van der Waals surface area contributed by atoms with E-state index in [4.69, 9.17) is 18.0 Å². The SMILES string of the molecule is CN1CCCC(Nc2ccc(C(N)=S)cc2Br)C1. The molecule has 0 spiro atoms. The maximum Gasteiger partial charge on any atom is 0.104 e. The second kappa shape index (κ2) is 5.99. The van der Waals surface area contributed by atoms with Crippen LogP contribution in [0.4, 0.5) is 5.69 Å². The summed E-state index contributed by atoms with van der Waals surface area (Å²) in [5, 5.41) is 3.57. The van der Waals surface area contributed by atoms with Crippen LogP contribution in [-0.2, 0) is 0 Å². The molecule has 1 aromatic rings. The zero-order valence-corrected chi connectivity index (χ0v) is 12.9. The number of likely N-dealkylation sites (N-methyl/N-ethyl adjacent to an activating group) is 1. The highest BCUT2D eigenvalue weighted by atomic mass is 79.9. The molecule has 1 aromatic carbocycles. The largest absolute Gasteiger partial charge is 0.389 e. The molecule has 2 rings (SSSR count). The van der Waals surface area contributed by atoms with Crippen LogP contribution in [-0.4, -0.2) is 36.1 Å². The van der Waals surface area contributed by atoms with Crippen LogP contribution in [0, 0.1) is 0 Å². The number of likely N-dealkylation sites (tertiary alicyclic amines) is 1. The van der Waals surface area contributed by atoms with Crippen LogP contribution in [0.25, 0.3) is 0 Å². The average Bonchev–Trinajstić information content (AvgIpc) is 2.31. The Balaban J connectivity index is 2.07. The van der Waals surface area contributed by atoms with E-state index in [-0.39, 0.29) is 0 Å². The van der Waals surface area contributed by atoms with Crippen molar-refractivity contribution in [2.75, 3.05) is 25.5 Å². The Morgan fingerprint density at radius 3 is 2.94 bits per heavy atom. The lowest BCUT2D eigenvalue weighted by atomic mass is 10.1. The molecule has 0 aromatic heterocycles. The normalized spacial score (nSPS) is 20.7. The Bertz CT molecular complexity index is 450. The standard InChI is InChI=1S/C13H18BrN3S/c1-17-6-2-3-10(8-17)16-12-5-4-9(13(15)18)7-11(12)14/h4-5,7,10,16H,2-3,6,8H2,1H3,(H2,15,18). The molecule has 0 amide bonds. The van der Waals surface area contributed by atoms with Crippen molar-refractivity contribution in [1.82, 2.24) is 4.90 Å². The fourth-order valence-electron chi connectivity index (χ4n) is 2.29. The summed E-state index contributed by atoms with van der Waals surface area (Å²) in [5.41, 5.74) is 7.62. The first-order valence-corrected chi connectivity index (χ1v) is 7.31. The molecule has 1 aliphatic heterocycles. The van der Waals surface area contributed by atoms with Crippen molar-refractivity contribution in [2.45, 2.75) is 18.9 Å². The van der Waals surface area contributed by atoms with Gasteiger partial charge in [0.25, 0.3) is 0 Å². The second-order valence-electron chi connectivity index (χ2n) is 4.80. The molecule has 1 atom stereocenters. The number of anilines is 1. The number of piperidine rings is 1. The van der Waals surface area contributed by atoms with Gasteiger partial charge in [-0.05, 0) is 60.6 Å². The summed E-state index contributed by atoms with van der Waals surface area (Å²) in [6.45, 7) is 2.28. The molecule has 5 heteroatoms. The number of hydrogen-bond acceptors (Lipinski definition) is 3. The van der Waals surface area contributed by atoms with Gasteiger partial charge >= 0.3 is 0 Å². The molecule has 18 heavy (non-hydrogen) atoms. The van der Waals surface area contributed by atoms with Crippen LogP contribution in [0.5, 0.6) is 0 Å². The monoisotopic (exact) mass is 327 g/mol. The van der Waals surface area contributed by atoms with E-state index in [0.717, 1.165) is 22.3 Å². The highest BCUT2D eigenvalue weighted by Gasteiger charge is 2.17. The van der Waals surface area contributed by atoms with E-state index < -0.39 is 0 Å². The third kappa shape index (κ3) is 3.43. The summed E-state index contributed by atoms with van der Waals surface area (Å²) in [5.74, 6) is 0. The van der Waals surface area contributed by atoms with Gasteiger partial charge in [0.15, 0.2) is 0 Å². The molecule has 3 nitrogen and oxygen atoms in total. The van der Waals surface area contributed by atoms with E-state index in [9.17, 15) is 0 Å². The Kier molecular flexibility index (Phi) is 4.59. The fraction of sp³-hybridized carbons (Fsp3) is 0.462. The quantitative estimate of drug-likeness (QED) is 0.837. The van der Waals surface area contributed by atoms with E-state index in [0.29, 0.717) is 11.0 Å². The van der Waals surface area contributed by atoms with E-state index in [1.54, 1.807) is 0 Å². The van der Waals surface area contributed by atoms with E-state index >= 15 is 0 Å². The van der Waals surface area contributed by atoms with Crippen LogP contribution in [0.1, 0.15) is 18.4 Å². The smallest absolute Gasteiger partial charge is 0.104 e. The van der Waals surface area contributed by atoms with Crippen molar-refractivity contribution in [3.05, 3.63) is 28.2 Å². The third-order valence-electron chi connectivity index (χ3n) is 3.24. The van der Waals surface area contributed by atoms with Gasteiger partial charge in [0.2, 0.25) is 0 Å². The van der Waals surface area contributed by atoms with Crippen LogP contribution >= 0.6 is 28.1 Å². The molecule has 1 heterocycles. The predicted octanol–water partition coefficient (Wildman–Crippen LogP) is 2.59. The van der Waals surface area contributed by atoms with Crippen molar-refractivity contribution in [2.24, 2.45) is 5.73 Å². The van der Waals surface area contributed by atoms with Crippen LogP contribution in [0.2, 0.25) is 0 Å². The first-order chi connectivity index (χ1) is 8.56. The molecule has 3 N–H and O–H groups in total. The first-order valence-electron chi connectivity index (χ1n) is 6.10. The Morgan fingerprint density at radius 1 is 1.56 bits per heavy atom. The van der Waals surface area contributed by atoms with Crippen molar-refractivity contribution in [3.63, 3.8) is 0 Å². The minimum absolute atomic E-state index is 0.430. The van der Waals surface area contributed by atoms with Gasteiger partial charge in [-0.2, -0.15) is 0 Å². The van der Waals surface area contributed by atoms with Gasteiger partial charge in [0, 0.05) is 28.3 Å². The van der Waals surface area contributed by atoms with Crippen molar-refractivity contribution in [1.29, 1.82) is 0 Å². The summed E-state index contributed by atoms with van der Waals surface area (Å²) in [6.07, 6.45) is 2.46. The highest BCUT2D eigenvalue weighted by molar-refractivity contribution is 9.10. The van der Waals surface area contributed by atoms with Gasteiger partial charge in [-0.1, -0.05) is 12.2 Å². The third-order valence-corrected chi connectivity index (χ3v) is 4.13. The van der Waals surface area contributed by atoms with Gasteiger partial charge in [-0.3, -0.25) is 0 Å². The van der Waals surface area contributed by atoms with Gasteiger partial charge in [0.05, 0.1) is 0 Å². The van der Waals surface area contributed by atoms with Gasteiger partial charge in [-0.25, -0.2) is 0 Å². The van der Waals surface area contributed by atoms with E-state index in [1.165, 1.54) is 19.4 Å². The summed E-state index contributed by atoms with van der Waals surface area (Å²) < 4.78 is 1.01. The maximum atomic E-state index is 5.62. The number of nitrogens with two attached hydrogens (primary N) is 1. The number of rotatable bonds is 3. The van der Waals surface area contributed by atoms with E-state index in [2.05, 4.69) is 33.2 Å². The van der Waals surface area contributed by atoms with E-state index in [1.807, 2.05) is 18.2 Å². The van der Waals surface area contributed by atoms with Crippen molar-refractivity contribution >= 4 is 38.8 Å². The van der Waals surface area contributed by atoms with Crippen LogP contribution < -0.4 is 11.1 Å². The number of hydrogen-bond donors (Lipinski definition) is 2. The Morgan fingerprint density at radius 2 is 2.33 bits per heavy atom. The summed E-state index contributed by atoms with van der Waals surface area (Å²) >= 11 is 8.54. The van der Waals surface area contributed by atoms with Gasteiger partial charge in [0.1, 0.15) is 4.99 Å². The van der Waals surface area contributed by atoms with Crippen LogP contribution in [0.3, 0.4) is 0 Å². The lowest BCUT2D eigenvalue weighted by molar-refractivity contribution is 0.261. The molecule has 98 valence electrons. The molecule has 1 unspecified atom stereocenters. The van der Waals surface area contributed by atoms with Crippen LogP contribution in [0.15, 0.2) is 22.7 Å². The molecular weight excluding hydrogens is 310 g/mol. The zero-order valence-electron chi connectivity index (χ0n) is 10.4. The lowest BCUT2D eigenvalue weighted by Crippen LogP contribution is -2.39. The molecule has 1 fully saturated rings. The Hall–Kier alpha value is -0.650. The number of thiocarbonyl (C=S) groups is 1. The number of nitrogens with zero attached hydrogens (tertiary/aromatic N) is 1. The molecule has 0 aliphatic carbocycles. The molecule has 1 saturated heterocycles. The second-order valence-corrected chi connectivity index (χ2v) is 6.10. The molecule has 1 aliphatic rings. The van der Waals surface area contributed by atoms with Gasteiger partial charge in [-0.15, -0.1) is 0 Å². The van der Waals surface area contributed by atoms with Crippen molar-refractivity contribution in [3.8, 4) is 0 Å². The molecule has 0 bridgehead atoms. The lowest BCUT2D eigenvalue weighted by Gasteiger charge is -2.31. The Labute approximate surface area is 122 Å². The van der Waals surface area contributed by atoms with Crippen molar-refractivity contribution < 1.29 is 0 Å². The zero-order chi connectivity index (χ0) is 13.1. The number of nitrogens with one attached hydrogen (secondary N) is 1. The summed E-state index contributed by atoms with van der Waals surface area (Å²) in [7, 11) is 2.17. The minimum atomic E-state index is 0.430. The number of benzene rings is 1. The number of halogens is 1. The molecular formula is C13H18BrN3S. The highest BCUT2D eigenvalue weighted by Crippen LogP contribution is 2.25. The van der Waals surface area contributed by atoms with Gasteiger partial charge < -0.3 is 16.0 Å². The predicted molar refractivity (Wildman–Crippen MR) is 84.2 cm³/mol. The fourth-order valence-corrected chi connectivity index (χ4v) is 2.91. The first kappa shape index (κ1) is 13.8. The maximum absolute atomic E-state index is 5.62. The average molecular weight is 328 g/mol. The molecule has 0 saturated carbocycles. The molecule has 0 radical (unpaired) electrons. The summed E-state index contributed by atoms with van der Waals surface area (Å²) in [6, 6.07) is 6.47.